The van der Waals surface area contributed by atoms with E-state index in [1.54, 1.807) is 0 Å². The number of nitro groups is 1. The first-order valence-corrected chi connectivity index (χ1v) is 4.01. The Balaban J connectivity index is 3.41. The Bertz CT molecular complexity index is 386. The van der Waals surface area contributed by atoms with Crippen LogP contribution in [0.15, 0.2) is 10.7 Å². The molecule has 0 radical (unpaired) electrons. The Morgan fingerprint density at radius 2 is 2.14 bits per heavy atom. The lowest BCUT2D eigenvalue weighted by atomic mass is 10.3. The molecular weight excluding hydrogens is 269 g/mol. The smallest absolute Gasteiger partial charge is 0.258 e. The number of pyridine rings is 1. The van der Waals surface area contributed by atoms with Crippen LogP contribution in [0.1, 0.15) is 12.1 Å². The average molecular weight is 271 g/mol. The third-order valence-corrected chi connectivity index (χ3v) is 2.15. The van der Waals surface area contributed by atoms with Crippen molar-refractivity contribution in [3.05, 3.63) is 32.3 Å². The topological polar surface area (TPSA) is 56.0 Å². The fraction of sp³-hybridized carbons (Fsp3) is 0.167. The summed E-state index contributed by atoms with van der Waals surface area (Å²) in [6, 6.07) is 0. The normalized spacial score (nSPS) is 10.6. The van der Waals surface area contributed by atoms with E-state index in [9.17, 15) is 23.3 Å². The summed E-state index contributed by atoms with van der Waals surface area (Å²) in [4.78, 5) is 12.2. The summed E-state index contributed by atoms with van der Waals surface area (Å²) in [6.07, 6.45) is -2.60. The molecule has 0 amide bonds. The van der Waals surface area contributed by atoms with Gasteiger partial charge in [-0.1, -0.05) is 0 Å². The van der Waals surface area contributed by atoms with Crippen molar-refractivity contribution in [1.82, 2.24) is 4.98 Å². The second-order valence-corrected chi connectivity index (χ2v) is 3.00. The van der Waals surface area contributed by atoms with E-state index in [1.165, 1.54) is 0 Å². The number of hydrogen-bond acceptors (Lipinski definition) is 3. The van der Waals surface area contributed by atoms with E-state index < -0.39 is 33.0 Å². The Morgan fingerprint density at radius 3 is 2.57 bits per heavy atom. The molecule has 0 aliphatic rings. The Morgan fingerprint density at radius 1 is 1.57 bits per heavy atom. The van der Waals surface area contributed by atoms with Crippen LogP contribution in [0, 0.1) is 15.9 Å². The zero-order chi connectivity index (χ0) is 10.9. The third kappa shape index (κ3) is 1.84. The highest BCUT2D eigenvalue weighted by molar-refractivity contribution is 9.10. The van der Waals surface area contributed by atoms with Gasteiger partial charge in [0.05, 0.1) is 11.1 Å². The highest BCUT2D eigenvalue weighted by Gasteiger charge is 2.26. The van der Waals surface area contributed by atoms with Crippen molar-refractivity contribution >= 4 is 21.6 Å². The summed E-state index contributed by atoms with van der Waals surface area (Å²) in [5.41, 5.74) is -1.88. The molecule has 0 atom stereocenters. The second-order valence-electron chi connectivity index (χ2n) is 2.21. The molecule has 0 aliphatic heterocycles. The van der Waals surface area contributed by atoms with Gasteiger partial charge >= 0.3 is 5.69 Å². The van der Waals surface area contributed by atoms with Crippen LogP contribution in [-0.2, 0) is 0 Å². The van der Waals surface area contributed by atoms with Gasteiger partial charge in [0.2, 0.25) is 5.82 Å². The molecule has 1 heterocycles. The number of hydrogen-bond donors (Lipinski definition) is 0. The highest BCUT2D eigenvalue weighted by atomic mass is 79.9. The zero-order valence-corrected chi connectivity index (χ0v) is 7.96. The molecule has 0 saturated heterocycles. The maximum absolute atomic E-state index is 12.8. The zero-order valence-electron chi connectivity index (χ0n) is 6.38. The molecule has 0 unspecified atom stereocenters. The fourth-order valence-electron chi connectivity index (χ4n) is 0.790. The lowest BCUT2D eigenvalue weighted by Crippen LogP contribution is -2.00. The molecule has 0 fully saturated rings. The minimum Gasteiger partial charge on any atom is -0.258 e. The van der Waals surface area contributed by atoms with E-state index in [0.717, 1.165) is 0 Å². The number of aromatic nitrogens is 1. The van der Waals surface area contributed by atoms with E-state index in [0.29, 0.717) is 6.20 Å². The molecule has 0 bridgehead atoms. The minimum atomic E-state index is -3.00. The van der Waals surface area contributed by atoms with Gasteiger partial charge < -0.3 is 0 Å². The maximum atomic E-state index is 12.8. The van der Waals surface area contributed by atoms with Gasteiger partial charge in [-0.15, -0.1) is 0 Å². The first kappa shape index (κ1) is 10.9. The van der Waals surface area contributed by atoms with Crippen LogP contribution in [0.5, 0.6) is 0 Å². The molecular formula is C6H2BrF3N2O2. The minimum absolute atomic E-state index is 0.393. The van der Waals surface area contributed by atoms with Crippen molar-refractivity contribution in [2.75, 3.05) is 0 Å². The average Bonchev–Trinajstić information content (AvgIpc) is 2.02. The summed E-state index contributed by atoms with van der Waals surface area (Å²) >= 11 is 2.51. The van der Waals surface area contributed by atoms with Crippen LogP contribution >= 0.6 is 15.9 Å². The largest absolute Gasteiger partial charge is 0.322 e. The molecule has 1 rings (SSSR count). The summed E-state index contributed by atoms with van der Waals surface area (Å²) < 4.78 is 36.5. The third-order valence-electron chi connectivity index (χ3n) is 1.37. The maximum Gasteiger partial charge on any atom is 0.322 e. The molecule has 76 valence electrons. The van der Waals surface area contributed by atoms with Gasteiger partial charge in [0.15, 0.2) is 0 Å². The number of halogens is 4. The van der Waals surface area contributed by atoms with Crippen molar-refractivity contribution in [2.24, 2.45) is 0 Å². The molecule has 1 aromatic heterocycles. The molecule has 14 heavy (non-hydrogen) atoms. The van der Waals surface area contributed by atoms with Crippen LogP contribution in [0.2, 0.25) is 0 Å². The van der Waals surface area contributed by atoms with Gasteiger partial charge in [0.25, 0.3) is 6.43 Å². The van der Waals surface area contributed by atoms with Gasteiger partial charge in [-0.3, -0.25) is 15.1 Å². The molecule has 0 saturated carbocycles. The second kappa shape index (κ2) is 3.91. The summed E-state index contributed by atoms with van der Waals surface area (Å²) in [7, 11) is 0. The van der Waals surface area contributed by atoms with Crippen molar-refractivity contribution in [1.29, 1.82) is 0 Å². The number of nitrogens with zero attached hydrogens (tertiary/aromatic N) is 2. The summed E-state index contributed by atoms with van der Waals surface area (Å²) in [5, 5.41) is 10.3. The van der Waals surface area contributed by atoms with Crippen LogP contribution < -0.4 is 0 Å². The number of alkyl halides is 2. The van der Waals surface area contributed by atoms with Crippen LogP contribution in [0.25, 0.3) is 0 Å². The molecule has 0 N–H and O–H groups in total. The predicted octanol–water partition coefficient (Wildman–Crippen LogP) is 2.83. The first-order chi connectivity index (χ1) is 6.45. The molecule has 0 aliphatic carbocycles. The summed E-state index contributed by atoms with van der Waals surface area (Å²) in [6.45, 7) is 0. The van der Waals surface area contributed by atoms with Gasteiger partial charge in [-0.2, -0.15) is 4.39 Å². The molecule has 1 aromatic rings. The fourth-order valence-corrected chi connectivity index (χ4v) is 1.40. The molecule has 0 aromatic carbocycles. The Hall–Kier alpha value is -1.18. The quantitative estimate of drug-likeness (QED) is 0.613. The van der Waals surface area contributed by atoms with Crippen molar-refractivity contribution in [2.45, 2.75) is 6.43 Å². The van der Waals surface area contributed by atoms with Crippen molar-refractivity contribution < 1.29 is 18.1 Å². The van der Waals surface area contributed by atoms with E-state index in [1.807, 2.05) is 0 Å². The molecule has 8 heteroatoms. The monoisotopic (exact) mass is 270 g/mol. The highest BCUT2D eigenvalue weighted by Crippen LogP contribution is 2.34. The molecule has 0 spiro atoms. The molecule has 4 nitrogen and oxygen atoms in total. The van der Waals surface area contributed by atoms with E-state index in [4.69, 9.17) is 0 Å². The first-order valence-electron chi connectivity index (χ1n) is 3.21. The van der Waals surface area contributed by atoms with Gasteiger partial charge in [-0.05, 0) is 15.9 Å². The summed E-state index contributed by atoms with van der Waals surface area (Å²) in [5.74, 6) is -1.26. The van der Waals surface area contributed by atoms with Gasteiger partial charge in [-0.25, -0.2) is 8.78 Å². The predicted molar refractivity (Wildman–Crippen MR) is 43.5 cm³/mol. The van der Waals surface area contributed by atoms with Gasteiger partial charge in [0.1, 0.15) is 10.2 Å². The van der Waals surface area contributed by atoms with E-state index in [-0.39, 0.29) is 0 Å². The van der Waals surface area contributed by atoms with Gasteiger partial charge in [0, 0.05) is 0 Å². The lowest BCUT2D eigenvalue weighted by molar-refractivity contribution is -0.388. The van der Waals surface area contributed by atoms with Crippen molar-refractivity contribution in [3.63, 3.8) is 0 Å². The van der Waals surface area contributed by atoms with E-state index in [2.05, 4.69) is 20.9 Å². The van der Waals surface area contributed by atoms with Crippen LogP contribution in [0.4, 0.5) is 18.9 Å². The number of rotatable bonds is 2. The Kier molecular flexibility index (Phi) is 3.04. The van der Waals surface area contributed by atoms with Crippen LogP contribution in [0.3, 0.4) is 0 Å². The Labute approximate surface area is 84.0 Å². The lowest BCUT2D eigenvalue weighted by Gasteiger charge is -2.02. The van der Waals surface area contributed by atoms with E-state index >= 15 is 0 Å². The van der Waals surface area contributed by atoms with Crippen LogP contribution in [-0.4, -0.2) is 9.91 Å². The van der Waals surface area contributed by atoms with Crippen molar-refractivity contribution in [3.8, 4) is 0 Å². The SMILES string of the molecule is O=[N+]([O-])c1c(F)cnc(C(F)F)c1Br. The standard InChI is InChI=1S/C6H2BrF3N2O2/c7-3-4(6(9)10)11-1-2(8)5(3)12(13)14/h1,6H.